The number of amides is 1. The number of carbonyl (C=O) groups excluding carboxylic acids is 1. The summed E-state index contributed by atoms with van der Waals surface area (Å²) in [5.41, 5.74) is 0.479. The quantitative estimate of drug-likeness (QED) is 0.891. The number of hydrogen-bond donors (Lipinski definition) is 1. The monoisotopic (exact) mass is 290 g/mol. The molecule has 20 heavy (non-hydrogen) atoms. The molecule has 4 heteroatoms. The summed E-state index contributed by atoms with van der Waals surface area (Å²) in [5, 5.41) is 12.6. The Hall–Kier alpha value is -1.34. The van der Waals surface area contributed by atoms with Crippen LogP contribution in [0.3, 0.4) is 0 Å². The summed E-state index contributed by atoms with van der Waals surface area (Å²) in [6.45, 7) is 4.03. The van der Waals surface area contributed by atoms with Crippen LogP contribution in [0.2, 0.25) is 0 Å². The molecule has 1 aromatic heterocycles. The topological polar surface area (TPSA) is 52.9 Å². The molecule has 0 saturated heterocycles. The van der Waals surface area contributed by atoms with Crippen LogP contribution in [-0.4, -0.2) is 11.4 Å². The Morgan fingerprint density at radius 3 is 2.35 bits per heavy atom. The molecular weight excluding hydrogens is 268 g/mol. The van der Waals surface area contributed by atoms with Crippen molar-refractivity contribution in [1.29, 1.82) is 5.26 Å². The van der Waals surface area contributed by atoms with Crippen LogP contribution in [0, 0.1) is 25.2 Å². The fourth-order valence-corrected chi connectivity index (χ4v) is 3.67. The van der Waals surface area contributed by atoms with Crippen LogP contribution in [0.25, 0.3) is 0 Å². The Morgan fingerprint density at radius 1 is 1.25 bits per heavy atom. The highest BCUT2D eigenvalue weighted by molar-refractivity contribution is 7.14. The molecule has 1 N–H and O–H groups in total. The zero-order chi connectivity index (χ0) is 14.6. The van der Waals surface area contributed by atoms with Gasteiger partial charge in [-0.3, -0.25) is 4.79 Å². The van der Waals surface area contributed by atoms with E-state index in [0.29, 0.717) is 0 Å². The molecule has 1 fully saturated rings. The van der Waals surface area contributed by atoms with Gasteiger partial charge in [-0.25, -0.2) is 0 Å². The minimum atomic E-state index is -0.663. The zero-order valence-electron chi connectivity index (χ0n) is 12.3. The number of aryl methyl sites for hydroxylation is 2. The Kier molecular flexibility index (Phi) is 4.82. The van der Waals surface area contributed by atoms with Gasteiger partial charge in [0.05, 0.1) is 10.9 Å². The van der Waals surface area contributed by atoms with Crippen LogP contribution in [-0.2, 0) is 0 Å². The predicted octanol–water partition coefficient (Wildman–Crippen LogP) is 4.10. The standard InChI is InChI=1S/C16H22N2OS/c1-12-10-14(20-13(12)2)15(19)18-16(11-17)8-6-4-3-5-7-9-16/h10H,3-9H2,1-2H3,(H,18,19). The summed E-state index contributed by atoms with van der Waals surface area (Å²) < 4.78 is 0. The lowest BCUT2D eigenvalue weighted by molar-refractivity contribution is 0.0912. The van der Waals surface area contributed by atoms with Crippen LogP contribution >= 0.6 is 11.3 Å². The van der Waals surface area contributed by atoms with E-state index >= 15 is 0 Å². The largest absolute Gasteiger partial charge is 0.333 e. The van der Waals surface area contributed by atoms with E-state index < -0.39 is 5.54 Å². The second-order valence-electron chi connectivity index (χ2n) is 5.77. The summed E-state index contributed by atoms with van der Waals surface area (Å²) in [6.07, 6.45) is 7.18. The van der Waals surface area contributed by atoms with Crippen molar-refractivity contribution < 1.29 is 4.79 Å². The number of rotatable bonds is 2. The Bertz CT molecular complexity index is 500. The second kappa shape index (κ2) is 6.41. The van der Waals surface area contributed by atoms with Gasteiger partial charge in [0.25, 0.3) is 5.91 Å². The van der Waals surface area contributed by atoms with Crippen molar-refractivity contribution in [3.05, 3.63) is 21.4 Å². The number of nitrogens with one attached hydrogen (secondary N) is 1. The third kappa shape index (κ3) is 3.40. The van der Waals surface area contributed by atoms with Crippen molar-refractivity contribution in [3.63, 3.8) is 0 Å². The van der Waals surface area contributed by atoms with Crippen molar-refractivity contribution in [2.24, 2.45) is 0 Å². The number of hydrogen-bond acceptors (Lipinski definition) is 3. The second-order valence-corrected chi connectivity index (χ2v) is 7.02. The van der Waals surface area contributed by atoms with Crippen LogP contribution in [0.1, 0.15) is 65.1 Å². The lowest BCUT2D eigenvalue weighted by Gasteiger charge is -2.29. The van der Waals surface area contributed by atoms with Gasteiger partial charge in [0, 0.05) is 4.88 Å². The van der Waals surface area contributed by atoms with Crippen molar-refractivity contribution in [2.45, 2.75) is 64.3 Å². The fraction of sp³-hybridized carbons (Fsp3) is 0.625. The van der Waals surface area contributed by atoms with Gasteiger partial charge in [0.2, 0.25) is 0 Å². The third-order valence-corrected chi connectivity index (χ3v) is 5.32. The maximum atomic E-state index is 12.4. The molecule has 0 radical (unpaired) electrons. The highest BCUT2D eigenvalue weighted by Gasteiger charge is 2.32. The van der Waals surface area contributed by atoms with Crippen LogP contribution in [0.4, 0.5) is 0 Å². The molecule has 0 atom stereocenters. The first kappa shape index (κ1) is 15.1. The number of nitriles is 1. The molecule has 108 valence electrons. The summed E-state index contributed by atoms with van der Waals surface area (Å²) in [7, 11) is 0. The smallest absolute Gasteiger partial charge is 0.262 e. The van der Waals surface area contributed by atoms with E-state index in [2.05, 4.69) is 11.4 Å². The average molecular weight is 290 g/mol. The lowest BCUT2D eigenvalue weighted by Crippen LogP contribution is -2.47. The lowest BCUT2D eigenvalue weighted by atomic mass is 9.85. The highest BCUT2D eigenvalue weighted by Crippen LogP contribution is 2.27. The van der Waals surface area contributed by atoms with Gasteiger partial charge < -0.3 is 5.32 Å². The molecule has 1 heterocycles. The van der Waals surface area contributed by atoms with Gasteiger partial charge >= 0.3 is 0 Å². The molecule has 0 unspecified atom stereocenters. The van der Waals surface area contributed by atoms with E-state index in [1.165, 1.54) is 22.6 Å². The summed E-state index contributed by atoms with van der Waals surface area (Å²) in [5.74, 6) is -0.0895. The van der Waals surface area contributed by atoms with Crippen molar-refractivity contribution in [3.8, 4) is 6.07 Å². The van der Waals surface area contributed by atoms with Gasteiger partial charge in [0.1, 0.15) is 5.54 Å². The first-order valence-corrected chi connectivity index (χ1v) is 8.19. The van der Waals surface area contributed by atoms with E-state index in [1.807, 2.05) is 19.9 Å². The molecule has 0 bridgehead atoms. The summed E-state index contributed by atoms with van der Waals surface area (Å²) in [4.78, 5) is 14.3. The molecule has 1 aliphatic carbocycles. The van der Waals surface area contributed by atoms with Gasteiger partial charge in [-0.2, -0.15) is 5.26 Å². The number of nitrogens with zero attached hydrogens (tertiary/aromatic N) is 1. The zero-order valence-corrected chi connectivity index (χ0v) is 13.1. The van der Waals surface area contributed by atoms with E-state index in [9.17, 15) is 10.1 Å². The third-order valence-electron chi connectivity index (χ3n) is 4.16. The molecule has 2 rings (SSSR count). The molecule has 1 aliphatic rings. The van der Waals surface area contributed by atoms with Crippen molar-refractivity contribution >= 4 is 17.2 Å². The predicted molar refractivity (Wildman–Crippen MR) is 81.9 cm³/mol. The summed E-state index contributed by atoms with van der Waals surface area (Å²) in [6, 6.07) is 4.30. The number of carbonyl (C=O) groups is 1. The number of thiophene rings is 1. The molecule has 0 aliphatic heterocycles. The molecule has 0 spiro atoms. The molecule has 0 aromatic carbocycles. The van der Waals surface area contributed by atoms with E-state index in [4.69, 9.17) is 0 Å². The average Bonchev–Trinajstić information content (AvgIpc) is 2.73. The molecular formula is C16H22N2OS. The van der Waals surface area contributed by atoms with Crippen LogP contribution in [0.5, 0.6) is 0 Å². The van der Waals surface area contributed by atoms with Gasteiger partial charge in [-0.15, -0.1) is 11.3 Å². The van der Waals surface area contributed by atoms with E-state index in [0.717, 1.165) is 49.0 Å². The fourth-order valence-electron chi connectivity index (χ4n) is 2.74. The molecule has 3 nitrogen and oxygen atoms in total. The minimum Gasteiger partial charge on any atom is -0.333 e. The first-order chi connectivity index (χ1) is 9.56. The first-order valence-electron chi connectivity index (χ1n) is 7.37. The normalized spacial score (nSPS) is 18.6. The molecule has 1 amide bonds. The maximum absolute atomic E-state index is 12.4. The summed E-state index contributed by atoms with van der Waals surface area (Å²) >= 11 is 1.51. The maximum Gasteiger partial charge on any atom is 0.262 e. The SMILES string of the molecule is Cc1cc(C(=O)NC2(C#N)CCCCCCC2)sc1C. The van der Waals surface area contributed by atoms with E-state index in [-0.39, 0.29) is 5.91 Å². The van der Waals surface area contributed by atoms with Crippen molar-refractivity contribution in [2.75, 3.05) is 0 Å². The van der Waals surface area contributed by atoms with Gasteiger partial charge in [-0.05, 0) is 38.3 Å². The Labute approximate surface area is 125 Å². The molecule has 1 aromatic rings. The molecule has 1 saturated carbocycles. The van der Waals surface area contributed by atoms with Crippen molar-refractivity contribution in [1.82, 2.24) is 5.32 Å². The van der Waals surface area contributed by atoms with Crippen LogP contribution < -0.4 is 5.32 Å². The van der Waals surface area contributed by atoms with Gasteiger partial charge in [-0.1, -0.05) is 32.1 Å². The Morgan fingerprint density at radius 2 is 1.85 bits per heavy atom. The minimum absolute atomic E-state index is 0.0895. The van der Waals surface area contributed by atoms with Crippen LogP contribution in [0.15, 0.2) is 6.07 Å². The van der Waals surface area contributed by atoms with E-state index in [1.54, 1.807) is 0 Å². The van der Waals surface area contributed by atoms with Gasteiger partial charge in [0.15, 0.2) is 0 Å². The Balaban J connectivity index is 2.12. The highest BCUT2D eigenvalue weighted by atomic mass is 32.1.